The summed E-state index contributed by atoms with van der Waals surface area (Å²) in [5.74, 6) is 0.975. The molecular weight excluding hydrogens is 348 g/mol. The lowest BCUT2D eigenvalue weighted by Gasteiger charge is -2.35. The number of piperidine rings is 1. The minimum Gasteiger partial charge on any atom is -0.497 e. The Hall–Kier alpha value is -1.54. The summed E-state index contributed by atoms with van der Waals surface area (Å²) < 4.78 is 15.9. The van der Waals surface area contributed by atoms with Gasteiger partial charge in [0.25, 0.3) is 5.91 Å². The zero-order chi connectivity index (χ0) is 17.6. The Kier molecular flexibility index (Phi) is 8.44. The van der Waals surface area contributed by atoms with Crippen LogP contribution in [0.15, 0.2) is 18.2 Å². The molecule has 0 aliphatic carbocycles. The summed E-state index contributed by atoms with van der Waals surface area (Å²) in [5.41, 5.74) is -0.208. The molecule has 1 aliphatic rings. The van der Waals surface area contributed by atoms with Gasteiger partial charge in [0, 0.05) is 19.7 Å². The first-order valence-corrected chi connectivity index (χ1v) is 8.00. The average Bonchev–Trinajstić information content (AvgIpc) is 2.65. The van der Waals surface area contributed by atoms with Gasteiger partial charge in [-0.1, -0.05) is 0 Å². The average molecular weight is 375 g/mol. The first-order valence-electron chi connectivity index (χ1n) is 8.00. The van der Waals surface area contributed by atoms with Gasteiger partial charge in [-0.25, -0.2) is 0 Å². The van der Waals surface area contributed by atoms with Crippen molar-refractivity contribution in [3.63, 3.8) is 0 Å². The van der Waals surface area contributed by atoms with Gasteiger partial charge < -0.3 is 30.0 Å². The van der Waals surface area contributed by atoms with Crippen molar-refractivity contribution >= 4 is 18.3 Å². The normalized spacial score (nSPS) is 17.1. The van der Waals surface area contributed by atoms with Crippen molar-refractivity contribution in [3.8, 4) is 11.5 Å². The minimum absolute atomic E-state index is 0. The summed E-state index contributed by atoms with van der Waals surface area (Å²) >= 11 is 0. The fraction of sp³-hybridized carbons (Fsp3) is 0.588. The van der Waals surface area contributed by atoms with E-state index in [4.69, 9.17) is 14.2 Å². The molecule has 3 N–H and O–H groups in total. The van der Waals surface area contributed by atoms with Crippen molar-refractivity contribution < 1.29 is 24.1 Å². The molecule has 0 bridgehead atoms. The molecule has 1 atom stereocenters. The molecule has 25 heavy (non-hydrogen) atoms. The molecule has 1 aromatic carbocycles. The minimum atomic E-state index is -0.867. The van der Waals surface area contributed by atoms with Crippen molar-refractivity contribution in [1.29, 1.82) is 0 Å². The second-order valence-electron chi connectivity index (χ2n) is 5.82. The number of methoxy groups -OCH3 is 3. The molecule has 0 spiro atoms. The highest BCUT2D eigenvalue weighted by atomic mass is 35.5. The molecule has 1 saturated heterocycles. The van der Waals surface area contributed by atoms with Gasteiger partial charge in [0.15, 0.2) is 0 Å². The highest BCUT2D eigenvalue weighted by Crippen LogP contribution is 2.27. The van der Waals surface area contributed by atoms with E-state index in [1.54, 1.807) is 39.5 Å². The number of hydrogen-bond donors (Lipinski definition) is 3. The van der Waals surface area contributed by atoms with Crippen LogP contribution in [0, 0.1) is 0 Å². The van der Waals surface area contributed by atoms with Crippen LogP contribution < -0.4 is 20.1 Å². The van der Waals surface area contributed by atoms with Crippen LogP contribution in [0.4, 0.5) is 0 Å². The smallest absolute Gasteiger partial charge is 0.252 e. The Bertz CT molecular complexity index is 542. The highest BCUT2D eigenvalue weighted by Gasteiger charge is 2.39. The maximum absolute atomic E-state index is 12.5. The second kappa shape index (κ2) is 9.82. The summed E-state index contributed by atoms with van der Waals surface area (Å²) in [7, 11) is 4.65. The lowest BCUT2D eigenvalue weighted by atomic mass is 9.91. The van der Waals surface area contributed by atoms with Crippen LogP contribution in [0.1, 0.15) is 24.5 Å². The number of benzene rings is 1. The van der Waals surface area contributed by atoms with E-state index in [2.05, 4.69) is 10.6 Å². The van der Waals surface area contributed by atoms with E-state index in [0.717, 1.165) is 13.1 Å². The predicted octanol–water partition coefficient (Wildman–Crippen LogP) is 1.04. The van der Waals surface area contributed by atoms with Crippen molar-refractivity contribution in [1.82, 2.24) is 10.6 Å². The first-order chi connectivity index (χ1) is 11.5. The van der Waals surface area contributed by atoms with Crippen LogP contribution in [0.3, 0.4) is 0 Å². The van der Waals surface area contributed by atoms with Crippen LogP contribution in [-0.4, -0.2) is 57.6 Å². The van der Waals surface area contributed by atoms with Crippen molar-refractivity contribution in [2.75, 3.05) is 41.0 Å². The molecular formula is C17H27ClN2O5. The number of carbonyl (C=O) groups excluding carboxylic acids is 1. The second-order valence-corrected chi connectivity index (χ2v) is 5.82. The van der Waals surface area contributed by atoms with Gasteiger partial charge in [0.05, 0.1) is 20.3 Å². The molecule has 1 unspecified atom stereocenters. The molecule has 7 nitrogen and oxygen atoms in total. The lowest BCUT2D eigenvalue weighted by Crippen LogP contribution is -2.54. The number of rotatable bonds is 7. The maximum atomic E-state index is 12.5. The summed E-state index contributed by atoms with van der Waals surface area (Å²) in [6, 6.07) is 5.16. The van der Waals surface area contributed by atoms with Crippen molar-refractivity contribution in [2.45, 2.75) is 24.5 Å². The number of amides is 1. The Morgan fingerprint density at radius 3 is 2.24 bits per heavy atom. The maximum Gasteiger partial charge on any atom is 0.252 e. The zero-order valence-electron chi connectivity index (χ0n) is 14.8. The number of hydrogen-bond acceptors (Lipinski definition) is 6. The van der Waals surface area contributed by atoms with Gasteiger partial charge >= 0.3 is 0 Å². The Morgan fingerprint density at radius 1 is 1.20 bits per heavy atom. The van der Waals surface area contributed by atoms with Crippen LogP contribution in [-0.2, 0) is 9.53 Å². The van der Waals surface area contributed by atoms with Gasteiger partial charge in [-0.05, 0) is 43.6 Å². The van der Waals surface area contributed by atoms with Crippen LogP contribution in [0.5, 0.6) is 11.5 Å². The number of carbonyl (C=O) groups is 1. The highest BCUT2D eigenvalue weighted by molar-refractivity contribution is 5.85. The Morgan fingerprint density at radius 2 is 1.76 bits per heavy atom. The molecule has 1 amide bonds. The lowest BCUT2D eigenvalue weighted by molar-refractivity contribution is -0.147. The van der Waals surface area contributed by atoms with E-state index >= 15 is 0 Å². The van der Waals surface area contributed by atoms with Gasteiger partial charge in [0.2, 0.25) is 0 Å². The van der Waals surface area contributed by atoms with E-state index in [0.29, 0.717) is 29.9 Å². The van der Waals surface area contributed by atoms with Gasteiger partial charge in [-0.15, -0.1) is 12.4 Å². The third kappa shape index (κ3) is 5.22. The van der Waals surface area contributed by atoms with Crippen LogP contribution in [0.2, 0.25) is 0 Å². The molecule has 2 rings (SSSR count). The van der Waals surface area contributed by atoms with Gasteiger partial charge in [-0.3, -0.25) is 4.79 Å². The molecule has 0 radical (unpaired) electrons. The van der Waals surface area contributed by atoms with Crippen molar-refractivity contribution in [2.24, 2.45) is 0 Å². The molecule has 1 aromatic rings. The fourth-order valence-electron chi connectivity index (χ4n) is 2.84. The first kappa shape index (κ1) is 21.5. The Labute approximate surface area is 154 Å². The summed E-state index contributed by atoms with van der Waals surface area (Å²) in [6.07, 6.45) is 0.352. The van der Waals surface area contributed by atoms with E-state index in [1.807, 2.05) is 0 Å². The summed E-state index contributed by atoms with van der Waals surface area (Å²) in [6.45, 7) is 1.56. The fourth-order valence-corrected chi connectivity index (χ4v) is 2.84. The molecule has 1 aliphatic heterocycles. The number of aliphatic hydroxyl groups excluding tert-OH is 1. The van der Waals surface area contributed by atoms with E-state index < -0.39 is 11.7 Å². The third-order valence-corrected chi connectivity index (χ3v) is 4.43. The molecule has 1 fully saturated rings. The van der Waals surface area contributed by atoms with Gasteiger partial charge in [0.1, 0.15) is 17.1 Å². The number of ether oxygens (including phenoxy) is 3. The SMILES string of the molecule is COc1cc(OC)cc(C(O)CNC(=O)C2(OC)CCNCC2)c1.Cl. The monoisotopic (exact) mass is 374 g/mol. The summed E-state index contributed by atoms with van der Waals surface area (Å²) in [5, 5.41) is 16.4. The summed E-state index contributed by atoms with van der Waals surface area (Å²) in [4.78, 5) is 12.5. The molecule has 0 aromatic heterocycles. The largest absolute Gasteiger partial charge is 0.497 e. The molecule has 0 saturated carbocycles. The van der Waals surface area contributed by atoms with E-state index in [1.165, 1.54) is 0 Å². The molecule has 8 heteroatoms. The predicted molar refractivity (Wildman–Crippen MR) is 96.6 cm³/mol. The standard InChI is InChI=1S/C17H26N2O5.ClH/c1-22-13-8-12(9-14(10-13)23-2)15(20)11-19-16(21)17(24-3)4-6-18-7-5-17;/h8-10,15,18,20H,4-7,11H2,1-3H3,(H,19,21);1H. The topological polar surface area (TPSA) is 89.0 Å². The Balaban J connectivity index is 0.00000312. The number of nitrogens with one attached hydrogen (secondary N) is 2. The molecule has 142 valence electrons. The van der Waals surface area contributed by atoms with Gasteiger partial charge in [-0.2, -0.15) is 0 Å². The number of halogens is 1. The van der Waals surface area contributed by atoms with Crippen LogP contribution >= 0.6 is 12.4 Å². The van der Waals surface area contributed by atoms with E-state index in [9.17, 15) is 9.90 Å². The quantitative estimate of drug-likeness (QED) is 0.661. The van der Waals surface area contributed by atoms with E-state index in [-0.39, 0.29) is 24.9 Å². The molecule has 1 heterocycles. The van der Waals surface area contributed by atoms with Crippen LogP contribution in [0.25, 0.3) is 0 Å². The zero-order valence-corrected chi connectivity index (χ0v) is 15.6. The van der Waals surface area contributed by atoms with Crippen molar-refractivity contribution in [3.05, 3.63) is 23.8 Å². The number of aliphatic hydroxyl groups is 1. The third-order valence-electron chi connectivity index (χ3n) is 4.43.